The second-order valence-electron chi connectivity index (χ2n) is 6.94. The van der Waals surface area contributed by atoms with Gasteiger partial charge in [0, 0.05) is 11.6 Å². The molecule has 30 heavy (non-hydrogen) atoms. The van der Waals surface area contributed by atoms with Crippen molar-refractivity contribution in [2.45, 2.75) is 20.4 Å². The van der Waals surface area contributed by atoms with Gasteiger partial charge in [0.15, 0.2) is 0 Å². The zero-order valence-corrected chi connectivity index (χ0v) is 16.2. The number of hydrogen-bond donors (Lipinski definition) is 1. The Hall–Kier alpha value is -3.88. The number of anilines is 1. The van der Waals surface area contributed by atoms with E-state index in [9.17, 15) is 18.4 Å². The van der Waals surface area contributed by atoms with E-state index in [0.29, 0.717) is 5.69 Å². The Kier molecular flexibility index (Phi) is 4.86. The summed E-state index contributed by atoms with van der Waals surface area (Å²) in [5.41, 5.74) is 2.97. The molecule has 152 valence electrons. The van der Waals surface area contributed by atoms with Crippen LogP contribution in [0.15, 0.2) is 53.6 Å². The molecular weight excluding hydrogens is 392 g/mol. The van der Waals surface area contributed by atoms with Gasteiger partial charge in [0.2, 0.25) is 5.91 Å². The van der Waals surface area contributed by atoms with Crippen LogP contribution in [-0.4, -0.2) is 25.3 Å². The highest BCUT2D eigenvalue weighted by atomic mass is 19.1. The molecule has 2 aromatic heterocycles. The predicted molar refractivity (Wildman–Crippen MR) is 107 cm³/mol. The molecule has 0 saturated heterocycles. The fraction of sp³-hybridized carbons (Fsp3) is 0.143. The van der Waals surface area contributed by atoms with Crippen LogP contribution in [-0.2, 0) is 11.3 Å². The van der Waals surface area contributed by atoms with Gasteiger partial charge in [0.05, 0.1) is 11.4 Å². The van der Waals surface area contributed by atoms with Crippen molar-refractivity contribution in [3.05, 3.63) is 81.9 Å². The fourth-order valence-corrected chi connectivity index (χ4v) is 3.11. The lowest BCUT2D eigenvalue weighted by atomic mass is 10.0. The topological polar surface area (TPSA) is 81.3 Å². The molecule has 0 fully saturated rings. The number of nitrogens with zero attached hydrogens (tertiary/aromatic N) is 4. The van der Waals surface area contributed by atoms with E-state index in [1.54, 1.807) is 6.07 Å². The molecule has 1 amide bonds. The van der Waals surface area contributed by atoms with Crippen LogP contribution in [0.5, 0.6) is 0 Å². The molecule has 0 aliphatic rings. The molecule has 2 heterocycles. The fourth-order valence-electron chi connectivity index (χ4n) is 3.11. The molecule has 1 N–H and O–H groups in total. The smallest absolute Gasteiger partial charge is 0.293 e. The third-order valence-corrected chi connectivity index (χ3v) is 4.65. The Morgan fingerprint density at radius 3 is 2.70 bits per heavy atom. The molecule has 0 radical (unpaired) electrons. The van der Waals surface area contributed by atoms with Crippen LogP contribution in [0.1, 0.15) is 11.1 Å². The number of aromatic nitrogens is 4. The second-order valence-corrected chi connectivity index (χ2v) is 6.94. The second kappa shape index (κ2) is 7.51. The van der Waals surface area contributed by atoms with Gasteiger partial charge in [-0.15, -0.1) is 0 Å². The third kappa shape index (κ3) is 3.69. The first-order chi connectivity index (χ1) is 14.3. The van der Waals surface area contributed by atoms with E-state index in [2.05, 4.69) is 15.5 Å². The summed E-state index contributed by atoms with van der Waals surface area (Å²) in [6.45, 7) is 3.45. The number of aryl methyl sites for hydroxylation is 2. The number of fused-ring (bicyclic) bond motifs is 1. The first kappa shape index (κ1) is 19.4. The first-order valence-electron chi connectivity index (χ1n) is 9.10. The van der Waals surface area contributed by atoms with Crippen molar-refractivity contribution in [2.24, 2.45) is 0 Å². The van der Waals surface area contributed by atoms with Gasteiger partial charge in [-0.2, -0.15) is 10.2 Å². The maximum absolute atomic E-state index is 13.7. The van der Waals surface area contributed by atoms with Gasteiger partial charge >= 0.3 is 0 Å². The van der Waals surface area contributed by atoms with Crippen molar-refractivity contribution < 1.29 is 13.6 Å². The molecule has 0 aliphatic carbocycles. The Bertz CT molecular complexity index is 1340. The van der Waals surface area contributed by atoms with Crippen molar-refractivity contribution in [1.29, 1.82) is 0 Å². The maximum atomic E-state index is 13.7. The Morgan fingerprint density at radius 2 is 1.90 bits per heavy atom. The number of carbonyl (C=O) groups is 1. The summed E-state index contributed by atoms with van der Waals surface area (Å²) < 4.78 is 29.3. The third-order valence-electron chi connectivity index (χ3n) is 4.65. The minimum absolute atomic E-state index is 0.241. The summed E-state index contributed by atoms with van der Waals surface area (Å²) in [6.07, 6.45) is 1.32. The van der Waals surface area contributed by atoms with E-state index >= 15 is 0 Å². The highest BCUT2D eigenvalue weighted by Gasteiger charge is 2.15. The minimum Gasteiger partial charge on any atom is -0.322 e. The van der Waals surface area contributed by atoms with Gasteiger partial charge < -0.3 is 5.32 Å². The number of halogens is 2. The molecule has 7 nitrogen and oxygen atoms in total. The van der Waals surface area contributed by atoms with Crippen LogP contribution >= 0.6 is 0 Å². The normalized spacial score (nSPS) is 11.1. The Balaban J connectivity index is 1.63. The highest BCUT2D eigenvalue weighted by Crippen LogP contribution is 2.23. The molecule has 9 heteroatoms. The summed E-state index contributed by atoms with van der Waals surface area (Å²) in [6, 6.07) is 10.3. The van der Waals surface area contributed by atoms with Crippen molar-refractivity contribution in [1.82, 2.24) is 19.4 Å². The average molecular weight is 409 g/mol. The van der Waals surface area contributed by atoms with Gasteiger partial charge in [0.1, 0.15) is 30.0 Å². The molecule has 2 aromatic carbocycles. The van der Waals surface area contributed by atoms with E-state index in [0.717, 1.165) is 39.6 Å². The molecule has 0 bridgehead atoms. The molecule has 0 unspecified atom stereocenters. The molecule has 4 rings (SSSR count). The SMILES string of the molecule is Cc1ccc(C)c(-c2cc3c(=O)n(CC(=O)Nc4cc(F)ccc4F)ncn3n2)c1. The largest absolute Gasteiger partial charge is 0.322 e. The van der Waals surface area contributed by atoms with Gasteiger partial charge in [-0.25, -0.2) is 18.0 Å². The number of amides is 1. The molecule has 0 spiro atoms. The van der Waals surface area contributed by atoms with Gasteiger partial charge in [0.25, 0.3) is 5.56 Å². The zero-order chi connectivity index (χ0) is 21.4. The first-order valence-corrected chi connectivity index (χ1v) is 9.10. The lowest BCUT2D eigenvalue weighted by molar-refractivity contribution is -0.117. The van der Waals surface area contributed by atoms with Crippen LogP contribution in [0.25, 0.3) is 16.8 Å². The Morgan fingerprint density at radius 1 is 1.10 bits per heavy atom. The predicted octanol–water partition coefficient (Wildman–Crippen LogP) is 3.09. The minimum atomic E-state index is -0.783. The van der Waals surface area contributed by atoms with E-state index in [1.807, 2.05) is 32.0 Å². The summed E-state index contributed by atoms with van der Waals surface area (Å²) in [4.78, 5) is 25.0. The molecule has 0 atom stereocenters. The van der Waals surface area contributed by atoms with E-state index < -0.39 is 29.6 Å². The van der Waals surface area contributed by atoms with E-state index in [4.69, 9.17) is 0 Å². The van der Waals surface area contributed by atoms with Crippen molar-refractivity contribution >= 4 is 17.1 Å². The van der Waals surface area contributed by atoms with Gasteiger partial charge in [-0.3, -0.25) is 9.59 Å². The lowest BCUT2D eigenvalue weighted by Crippen LogP contribution is -2.30. The summed E-state index contributed by atoms with van der Waals surface area (Å²) in [7, 11) is 0. The number of hydrogen-bond acceptors (Lipinski definition) is 4. The van der Waals surface area contributed by atoms with E-state index in [-0.39, 0.29) is 11.2 Å². The standard InChI is InChI=1S/C21H17F2N5O2/c1-12-3-4-13(2)15(7-12)17-9-19-21(30)27(24-11-28(19)26-17)10-20(29)25-18-8-14(22)5-6-16(18)23/h3-9,11H,10H2,1-2H3,(H,25,29). The lowest BCUT2D eigenvalue weighted by Gasteiger charge is -2.07. The van der Waals surface area contributed by atoms with Crippen LogP contribution in [0, 0.1) is 25.5 Å². The maximum Gasteiger partial charge on any atom is 0.293 e. The summed E-state index contributed by atoms with van der Waals surface area (Å²) >= 11 is 0. The van der Waals surface area contributed by atoms with Crippen LogP contribution < -0.4 is 10.9 Å². The van der Waals surface area contributed by atoms with E-state index in [1.165, 1.54) is 10.8 Å². The average Bonchev–Trinajstić information content (AvgIpc) is 3.14. The van der Waals surface area contributed by atoms with Crippen LogP contribution in [0.4, 0.5) is 14.5 Å². The van der Waals surface area contributed by atoms with Crippen molar-refractivity contribution in [3.8, 4) is 11.3 Å². The van der Waals surface area contributed by atoms with Crippen molar-refractivity contribution in [2.75, 3.05) is 5.32 Å². The van der Waals surface area contributed by atoms with Crippen molar-refractivity contribution in [3.63, 3.8) is 0 Å². The van der Waals surface area contributed by atoms with Crippen LogP contribution in [0.2, 0.25) is 0 Å². The number of benzene rings is 2. The number of carbonyl (C=O) groups excluding carboxylic acids is 1. The summed E-state index contributed by atoms with van der Waals surface area (Å²) in [5.74, 6) is -2.19. The monoisotopic (exact) mass is 409 g/mol. The van der Waals surface area contributed by atoms with Gasteiger partial charge in [-0.05, 0) is 43.7 Å². The molecule has 4 aromatic rings. The quantitative estimate of drug-likeness (QED) is 0.562. The highest BCUT2D eigenvalue weighted by molar-refractivity contribution is 5.90. The molecular formula is C21H17F2N5O2. The van der Waals surface area contributed by atoms with Gasteiger partial charge in [-0.1, -0.05) is 17.7 Å². The molecule has 0 saturated carbocycles. The molecule has 0 aliphatic heterocycles. The number of rotatable bonds is 4. The Labute approximate surface area is 169 Å². The zero-order valence-electron chi connectivity index (χ0n) is 16.2. The van der Waals surface area contributed by atoms with Crippen LogP contribution in [0.3, 0.4) is 0 Å². The number of nitrogens with one attached hydrogen (secondary N) is 1. The summed E-state index contributed by atoms with van der Waals surface area (Å²) in [5, 5.41) is 10.6.